The highest BCUT2D eigenvalue weighted by Crippen LogP contribution is 2.56. The van der Waals surface area contributed by atoms with Crippen molar-refractivity contribution in [3.63, 3.8) is 0 Å². The summed E-state index contributed by atoms with van der Waals surface area (Å²) in [6.45, 7) is 2.89. The minimum Gasteiger partial charge on any atom is -0.369 e. The van der Waals surface area contributed by atoms with E-state index in [1.807, 2.05) is 6.92 Å². The zero-order valence-electron chi connectivity index (χ0n) is 5.48. The van der Waals surface area contributed by atoms with Crippen molar-refractivity contribution in [3.8, 4) is 6.07 Å². The molecule has 0 N–H and O–H groups in total. The molecule has 0 atom stereocenters. The third kappa shape index (κ3) is 0.585. The summed E-state index contributed by atoms with van der Waals surface area (Å²) in [5.41, 5.74) is 0.126. The van der Waals surface area contributed by atoms with Crippen LogP contribution >= 0.6 is 0 Å². The van der Waals surface area contributed by atoms with Gasteiger partial charge < -0.3 is 4.74 Å². The van der Waals surface area contributed by atoms with Crippen LogP contribution in [-0.2, 0) is 4.74 Å². The predicted molar refractivity (Wildman–Crippen MR) is 31.6 cm³/mol. The second kappa shape index (κ2) is 1.15. The monoisotopic (exact) mass is 123 g/mol. The molecule has 0 unspecified atom stereocenters. The smallest absolute Gasteiger partial charge is 0.0946 e. The maximum atomic E-state index is 8.60. The summed E-state index contributed by atoms with van der Waals surface area (Å²) >= 11 is 0. The summed E-state index contributed by atoms with van der Waals surface area (Å²) in [4.78, 5) is 0. The summed E-state index contributed by atoms with van der Waals surface area (Å²) < 4.78 is 5.18. The average Bonchev–Trinajstić information content (AvgIpc) is 2.46. The zero-order valence-corrected chi connectivity index (χ0v) is 5.48. The van der Waals surface area contributed by atoms with Crippen molar-refractivity contribution >= 4 is 0 Å². The van der Waals surface area contributed by atoms with Gasteiger partial charge in [-0.1, -0.05) is 0 Å². The number of nitriles is 1. The molecule has 0 bridgehead atoms. The molecule has 2 nitrogen and oxygen atoms in total. The van der Waals surface area contributed by atoms with Crippen LogP contribution in [-0.4, -0.2) is 12.2 Å². The lowest BCUT2D eigenvalue weighted by atomic mass is 9.64. The summed E-state index contributed by atoms with van der Waals surface area (Å²) in [5.74, 6) is 0. The van der Waals surface area contributed by atoms with E-state index in [0.29, 0.717) is 0 Å². The van der Waals surface area contributed by atoms with Gasteiger partial charge >= 0.3 is 0 Å². The van der Waals surface area contributed by atoms with Gasteiger partial charge in [0.2, 0.25) is 0 Å². The molecule has 2 heteroatoms. The van der Waals surface area contributed by atoms with Crippen LogP contribution in [0.3, 0.4) is 0 Å². The first-order valence-corrected chi connectivity index (χ1v) is 3.23. The normalized spacial score (nSPS) is 54.2. The van der Waals surface area contributed by atoms with Crippen LogP contribution < -0.4 is 0 Å². The van der Waals surface area contributed by atoms with Crippen molar-refractivity contribution in [2.75, 3.05) is 6.61 Å². The molecule has 1 heterocycles. The first kappa shape index (κ1) is 5.25. The Morgan fingerprint density at radius 2 is 2.11 bits per heavy atom. The van der Waals surface area contributed by atoms with Crippen LogP contribution in [0.1, 0.15) is 19.8 Å². The molecule has 1 saturated heterocycles. The van der Waals surface area contributed by atoms with E-state index in [-0.39, 0.29) is 11.0 Å². The molecule has 0 aromatic carbocycles. The van der Waals surface area contributed by atoms with Crippen molar-refractivity contribution in [3.05, 3.63) is 0 Å². The van der Waals surface area contributed by atoms with E-state index in [2.05, 4.69) is 6.07 Å². The van der Waals surface area contributed by atoms with Crippen LogP contribution in [0.15, 0.2) is 0 Å². The number of ether oxygens (including phenoxy) is 1. The van der Waals surface area contributed by atoms with Crippen molar-refractivity contribution in [2.24, 2.45) is 5.41 Å². The van der Waals surface area contributed by atoms with Gasteiger partial charge in [-0.25, -0.2) is 0 Å². The number of hydrogen-bond acceptors (Lipinski definition) is 2. The zero-order chi connectivity index (χ0) is 6.54. The van der Waals surface area contributed by atoms with Gasteiger partial charge in [0.15, 0.2) is 0 Å². The molecule has 2 rings (SSSR count). The Morgan fingerprint density at radius 1 is 1.56 bits per heavy atom. The van der Waals surface area contributed by atoms with Crippen molar-refractivity contribution < 1.29 is 4.74 Å². The lowest BCUT2D eigenvalue weighted by Gasteiger charge is -2.37. The largest absolute Gasteiger partial charge is 0.369 e. The number of rotatable bonds is 0. The Hall–Kier alpha value is -0.550. The summed E-state index contributed by atoms with van der Waals surface area (Å²) in [6.07, 6.45) is 1.91. The minimum atomic E-state index is -0.0590. The average molecular weight is 123 g/mol. The van der Waals surface area contributed by atoms with E-state index in [4.69, 9.17) is 10.00 Å². The molecule has 48 valence electrons. The van der Waals surface area contributed by atoms with Gasteiger partial charge in [-0.15, -0.1) is 0 Å². The second-order valence-electron chi connectivity index (χ2n) is 3.50. The first-order chi connectivity index (χ1) is 4.18. The highest BCUT2D eigenvalue weighted by molar-refractivity contribution is 5.17. The van der Waals surface area contributed by atoms with Crippen LogP contribution in [0.25, 0.3) is 0 Å². The van der Waals surface area contributed by atoms with Crippen LogP contribution in [0.2, 0.25) is 0 Å². The van der Waals surface area contributed by atoms with Crippen molar-refractivity contribution in [2.45, 2.75) is 25.4 Å². The van der Waals surface area contributed by atoms with Gasteiger partial charge in [0.05, 0.1) is 23.7 Å². The summed E-state index contributed by atoms with van der Waals surface area (Å²) in [5, 5.41) is 8.60. The molecule has 2 fully saturated rings. The standard InChI is InChI=1S/C7H9NO/c1-6(4-8)2-7(3-6)5-9-7/h2-3,5H2,1H3. The van der Waals surface area contributed by atoms with E-state index in [9.17, 15) is 0 Å². The Balaban J connectivity index is 2.04. The van der Waals surface area contributed by atoms with Crippen molar-refractivity contribution in [1.82, 2.24) is 0 Å². The molecule has 1 aliphatic heterocycles. The fraction of sp³-hybridized carbons (Fsp3) is 0.857. The van der Waals surface area contributed by atoms with Gasteiger partial charge in [-0.2, -0.15) is 5.26 Å². The molecule has 0 amide bonds. The van der Waals surface area contributed by atoms with E-state index < -0.39 is 0 Å². The Kier molecular flexibility index (Phi) is 0.668. The molecule has 1 spiro atoms. The molecule has 1 aliphatic carbocycles. The maximum Gasteiger partial charge on any atom is 0.0946 e. The number of nitrogens with zero attached hydrogens (tertiary/aromatic N) is 1. The van der Waals surface area contributed by atoms with Gasteiger partial charge in [0.1, 0.15) is 0 Å². The molecule has 0 aromatic rings. The SMILES string of the molecule is CC1(C#N)CC2(CO2)C1. The topological polar surface area (TPSA) is 36.3 Å². The van der Waals surface area contributed by atoms with E-state index >= 15 is 0 Å². The van der Waals surface area contributed by atoms with Crippen LogP contribution in [0, 0.1) is 16.7 Å². The molecule has 9 heavy (non-hydrogen) atoms. The molecular weight excluding hydrogens is 114 g/mol. The molecule has 2 aliphatic rings. The number of hydrogen-bond donors (Lipinski definition) is 0. The lowest BCUT2D eigenvalue weighted by molar-refractivity contribution is 0.0852. The van der Waals surface area contributed by atoms with E-state index in [1.165, 1.54) is 0 Å². The highest BCUT2D eigenvalue weighted by Gasteiger charge is 2.61. The fourth-order valence-electron chi connectivity index (χ4n) is 1.76. The maximum absolute atomic E-state index is 8.60. The van der Waals surface area contributed by atoms with E-state index in [1.54, 1.807) is 0 Å². The summed E-state index contributed by atoms with van der Waals surface area (Å²) in [7, 11) is 0. The second-order valence-corrected chi connectivity index (χ2v) is 3.50. The molecule has 0 aromatic heterocycles. The minimum absolute atomic E-state index is 0.0590. The van der Waals surface area contributed by atoms with Crippen LogP contribution in [0.4, 0.5) is 0 Å². The lowest BCUT2D eigenvalue weighted by Crippen LogP contribution is -2.40. The number of epoxide rings is 1. The van der Waals surface area contributed by atoms with Gasteiger partial charge in [-0.3, -0.25) is 0 Å². The third-order valence-corrected chi connectivity index (χ3v) is 2.25. The summed E-state index contributed by atoms with van der Waals surface area (Å²) in [6, 6.07) is 2.29. The Labute approximate surface area is 54.4 Å². The fourth-order valence-corrected chi connectivity index (χ4v) is 1.76. The van der Waals surface area contributed by atoms with Crippen molar-refractivity contribution in [1.29, 1.82) is 5.26 Å². The van der Waals surface area contributed by atoms with Gasteiger partial charge in [0.25, 0.3) is 0 Å². The Bertz CT molecular complexity index is 180. The predicted octanol–water partition coefficient (Wildman–Crippen LogP) is 1.08. The molecule has 0 radical (unpaired) electrons. The molecule has 1 saturated carbocycles. The third-order valence-electron chi connectivity index (χ3n) is 2.25. The first-order valence-electron chi connectivity index (χ1n) is 3.23. The van der Waals surface area contributed by atoms with Crippen LogP contribution in [0.5, 0.6) is 0 Å². The van der Waals surface area contributed by atoms with Gasteiger partial charge in [0, 0.05) is 0 Å². The van der Waals surface area contributed by atoms with E-state index in [0.717, 1.165) is 19.4 Å². The molecular formula is C7H9NO. The highest BCUT2D eigenvalue weighted by atomic mass is 16.6. The Morgan fingerprint density at radius 3 is 2.44 bits per heavy atom. The van der Waals surface area contributed by atoms with Gasteiger partial charge in [-0.05, 0) is 19.8 Å². The quantitative estimate of drug-likeness (QED) is 0.452.